The molecule has 1 saturated heterocycles. The van der Waals surface area contributed by atoms with Crippen LogP contribution in [0.5, 0.6) is 17.5 Å². The molecule has 0 saturated carbocycles. The van der Waals surface area contributed by atoms with Crippen LogP contribution >= 0.6 is 11.6 Å². The van der Waals surface area contributed by atoms with Gasteiger partial charge < -0.3 is 24.8 Å². The monoisotopic (exact) mass is 632 g/mol. The molecule has 226 valence electrons. The molecule has 2 aliphatic rings. The molecule has 11 nitrogen and oxygen atoms in total. The number of rotatable bonds is 8. The fraction of sp³-hybridized carbons (Fsp3) is 0.400. The van der Waals surface area contributed by atoms with Crippen molar-refractivity contribution in [3.8, 4) is 17.5 Å². The minimum Gasteiger partial charge on any atom is -0.490 e. The van der Waals surface area contributed by atoms with Gasteiger partial charge in [0.1, 0.15) is 5.82 Å². The Morgan fingerprint density at radius 2 is 1.71 bits per heavy atom. The van der Waals surface area contributed by atoms with Gasteiger partial charge in [-0.3, -0.25) is 0 Å². The van der Waals surface area contributed by atoms with Gasteiger partial charge in [0.05, 0.1) is 23.1 Å². The molecule has 3 heterocycles. The van der Waals surface area contributed by atoms with E-state index in [-0.39, 0.29) is 46.6 Å². The van der Waals surface area contributed by atoms with E-state index in [1.54, 1.807) is 6.07 Å². The lowest BCUT2D eigenvalue weighted by molar-refractivity contribution is -0.154. The summed E-state index contributed by atoms with van der Waals surface area (Å²) in [6, 6.07) is 7.28. The molecule has 2 N–H and O–H groups in total. The summed E-state index contributed by atoms with van der Waals surface area (Å²) in [4.78, 5) is 12.0. The molecule has 0 amide bonds. The van der Waals surface area contributed by atoms with Crippen LogP contribution in [0.1, 0.15) is 19.3 Å². The number of anilines is 3. The van der Waals surface area contributed by atoms with Gasteiger partial charge in [0.25, 0.3) is 0 Å². The maximum absolute atomic E-state index is 13.5. The smallest absolute Gasteiger partial charge is 0.422 e. The Hall–Kier alpha value is -3.63. The van der Waals surface area contributed by atoms with Gasteiger partial charge in [0.15, 0.2) is 18.1 Å². The van der Waals surface area contributed by atoms with E-state index in [1.807, 2.05) is 0 Å². The lowest BCUT2D eigenvalue weighted by Crippen LogP contribution is -2.42. The van der Waals surface area contributed by atoms with Gasteiger partial charge in [-0.25, -0.2) is 12.8 Å². The molecule has 2 aliphatic heterocycles. The van der Waals surface area contributed by atoms with Crippen LogP contribution < -0.4 is 24.8 Å². The summed E-state index contributed by atoms with van der Waals surface area (Å²) in [5.74, 6) is -0.0754. The Bertz CT molecular complexity index is 1540. The summed E-state index contributed by atoms with van der Waals surface area (Å²) in [7, 11) is -3.82. The van der Waals surface area contributed by atoms with Crippen molar-refractivity contribution in [2.45, 2.75) is 36.4 Å². The molecule has 0 aliphatic carbocycles. The number of fused-ring (bicyclic) bond motifs is 1. The predicted molar refractivity (Wildman–Crippen MR) is 144 cm³/mol. The zero-order valence-electron chi connectivity index (χ0n) is 21.8. The van der Waals surface area contributed by atoms with E-state index in [2.05, 4.69) is 25.6 Å². The first-order valence-corrected chi connectivity index (χ1v) is 14.6. The number of aromatic nitrogens is 3. The third kappa shape index (κ3) is 7.41. The second-order valence-electron chi connectivity index (χ2n) is 9.40. The van der Waals surface area contributed by atoms with E-state index in [0.29, 0.717) is 44.0 Å². The summed E-state index contributed by atoms with van der Waals surface area (Å²) in [6.07, 6.45) is -3.24. The standard InChI is InChI=1S/C25H25ClF4N6O5S/c26-18-12-16(2-4-19(18)27)32-23-33-22(34-24(35-23)41-14-25(28,29)30)31-15-6-8-36(9-7-15)42(37,38)17-3-5-20-21(13-17)40-11-1-10-39-20/h2-5,12-13,15H,1,6-11,14H2,(H2,31,32,33,34,35). The molecule has 3 aromatic rings. The van der Waals surface area contributed by atoms with Crippen LogP contribution in [0.3, 0.4) is 0 Å². The van der Waals surface area contributed by atoms with Gasteiger partial charge in [0.2, 0.25) is 21.9 Å². The lowest BCUT2D eigenvalue weighted by Gasteiger charge is -2.31. The maximum Gasteiger partial charge on any atom is 0.422 e. The van der Waals surface area contributed by atoms with E-state index in [4.69, 9.17) is 25.8 Å². The fourth-order valence-electron chi connectivity index (χ4n) is 4.27. The number of sulfonamides is 1. The van der Waals surface area contributed by atoms with Gasteiger partial charge >= 0.3 is 12.2 Å². The van der Waals surface area contributed by atoms with E-state index in [1.165, 1.54) is 28.6 Å². The van der Waals surface area contributed by atoms with Crippen molar-refractivity contribution >= 4 is 39.2 Å². The minimum absolute atomic E-state index is 0.0821. The second-order valence-corrected chi connectivity index (χ2v) is 11.7. The molecule has 0 atom stereocenters. The van der Waals surface area contributed by atoms with Crippen LogP contribution in [-0.2, 0) is 10.0 Å². The Kier molecular flexibility index (Phi) is 8.75. The fourth-order valence-corrected chi connectivity index (χ4v) is 5.93. The van der Waals surface area contributed by atoms with Crippen LogP contribution in [0.4, 0.5) is 35.1 Å². The van der Waals surface area contributed by atoms with Crippen LogP contribution in [0.15, 0.2) is 41.3 Å². The van der Waals surface area contributed by atoms with E-state index < -0.39 is 34.6 Å². The largest absolute Gasteiger partial charge is 0.490 e. The van der Waals surface area contributed by atoms with Crippen molar-refractivity contribution < 1.29 is 40.2 Å². The first-order valence-electron chi connectivity index (χ1n) is 12.8. The van der Waals surface area contributed by atoms with Crippen LogP contribution in [0.2, 0.25) is 5.02 Å². The van der Waals surface area contributed by atoms with Crippen molar-refractivity contribution in [2.24, 2.45) is 0 Å². The number of nitrogens with one attached hydrogen (secondary N) is 2. The normalized spacial score (nSPS) is 16.5. The van der Waals surface area contributed by atoms with Crippen molar-refractivity contribution in [1.29, 1.82) is 0 Å². The average molecular weight is 633 g/mol. The van der Waals surface area contributed by atoms with Crippen molar-refractivity contribution in [3.05, 3.63) is 47.2 Å². The molecule has 0 bridgehead atoms. The number of hydrogen-bond acceptors (Lipinski definition) is 10. The van der Waals surface area contributed by atoms with Gasteiger partial charge in [-0.05, 0) is 43.2 Å². The highest BCUT2D eigenvalue weighted by molar-refractivity contribution is 7.89. The van der Waals surface area contributed by atoms with Gasteiger partial charge in [-0.1, -0.05) is 11.6 Å². The Balaban J connectivity index is 1.27. The molecule has 17 heteroatoms. The van der Waals surface area contributed by atoms with Crippen LogP contribution in [-0.4, -0.2) is 72.8 Å². The molecule has 2 aromatic carbocycles. The summed E-state index contributed by atoms with van der Waals surface area (Å²) in [5.41, 5.74) is 0.272. The number of alkyl halides is 3. The maximum atomic E-state index is 13.5. The third-order valence-corrected chi connectivity index (χ3v) is 8.48. The SMILES string of the molecule is O=S(=O)(c1ccc2c(c1)OCCCO2)N1CCC(Nc2nc(Nc3ccc(F)c(Cl)c3)nc(OCC(F)(F)F)n2)CC1. The number of piperidine rings is 1. The quantitative estimate of drug-likeness (QED) is 0.335. The summed E-state index contributed by atoms with van der Waals surface area (Å²) in [5, 5.41) is 5.57. The Morgan fingerprint density at radius 1 is 1.00 bits per heavy atom. The minimum atomic E-state index is -4.63. The zero-order chi connectivity index (χ0) is 29.9. The second kappa shape index (κ2) is 12.3. The van der Waals surface area contributed by atoms with Crippen molar-refractivity contribution in [1.82, 2.24) is 19.3 Å². The first kappa shape index (κ1) is 29.8. The molecule has 5 rings (SSSR count). The van der Waals surface area contributed by atoms with Gasteiger partial charge in [0, 0.05) is 37.3 Å². The van der Waals surface area contributed by atoms with Crippen LogP contribution in [0.25, 0.3) is 0 Å². The van der Waals surface area contributed by atoms with E-state index in [0.717, 1.165) is 6.07 Å². The number of hydrogen-bond donors (Lipinski definition) is 2. The topological polar surface area (TPSA) is 128 Å². The van der Waals surface area contributed by atoms with E-state index in [9.17, 15) is 26.0 Å². The summed E-state index contributed by atoms with van der Waals surface area (Å²) >= 11 is 5.80. The lowest BCUT2D eigenvalue weighted by atomic mass is 10.1. The number of halogens is 5. The number of nitrogens with zero attached hydrogens (tertiary/aromatic N) is 4. The Labute approximate surface area is 243 Å². The highest BCUT2D eigenvalue weighted by Crippen LogP contribution is 2.33. The highest BCUT2D eigenvalue weighted by atomic mass is 35.5. The third-order valence-electron chi connectivity index (χ3n) is 6.30. The molecule has 1 fully saturated rings. The molecule has 0 spiro atoms. The molecule has 1 aromatic heterocycles. The number of ether oxygens (including phenoxy) is 3. The van der Waals surface area contributed by atoms with Crippen molar-refractivity contribution in [3.63, 3.8) is 0 Å². The molecular formula is C25H25ClF4N6O5S. The van der Waals surface area contributed by atoms with E-state index >= 15 is 0 Å². The zero-order valence-corrected chi connectivity index (χ0v) is 23.4. The molecule has 0 unspecified atom stereocenters. The predicted octanol–water partition coefficient (Wildman–Crippen LogP) is 4.78. The summed E-state index contributed by atoms with van der Waals surface area (Å²) in [6.45, 7) is -0.405. The molecular weight excluding hydrogens is 608 g/mol. The number of benzene rings is 2. The molecule has 0 radical (unpaired) electrons. The van der Waals surface area contributed by atoms with Crippen molar-refractivity contribution in [2.75, 3.05) is 43.5 Å². The Morgan fingerprint density at radius 3 is 2.43 bits per heavy atom. The summed E-state index contributed by atoms with van der Waals surface area (Å²) < 4.78 is 95.7. The van der Waals surface area contributed by atoms with Gasteiger partial charge in [-0.2, -0.15) is 32.4 Å². The first-order chi connectivity index (χ1) is 20.0. The van der Waals surface area contributed by atoms with Crippen LogP contribution in [0, 0.1) is 5.82 Å². The van der Waals surface area contributed by atoms with Gasteiger partial charge in [-0.15, -0.1) is 0 Å². The highest BCUT2D eigenvalue weighted by Gasteiger charge is 2.32. The molecule has 42 heavy (non-hydrogen) atoms. The average Bonchev–Trinajstić information content (AvgIpc) is 3.19.